The smallest absolute Gasteiger partial charge is 0.0912 e. The Morgan fingerprint density at radius 1 is 1.25 bits per heavy atom. The molecule has 0 saturated carbocycles. The van der Waals surface area contributed by atoms with Crippen molar-refractivity contribution in [3.63, 3.8) is 0 Å². The van der Waals surface area contributed by atoms with Crippen LogP contribution in [0.3, 0.4) is 0 Å². The van der Waals surface area contributed by atoms with Gasteiger partial charge >= 0.3 is 0 Å². The third-order valence-electron chi connectivity index (χ3n) is 1.43. The summed E-state index contributed by atoms with van der Waals surface area (Å²) in [5.74, 6) is 2.52. The molecule has 1 heteroatoms. The van der Waals surface area contributed by atoms with E-state index in [1.807, 2.05) is 30.3 Å². The van der Waals surface area contributed by atoms with Crippen LogP contribution in [-0.2, 0) is 0 Å². The normalized spacial score (nSPS) is 9.17. The van der Waals surface area contributed by atoms with Gasteiger partial charge in [-0.25, -0.2) is 0 Å². The van der Waals surface area contributed by atoms with Gasteiger partial charge in [0.2, 0.25) is 0 Å². The summed E-state index contributed by atoms with van der Waals surface area (Å²) in [7, 11) is 0. The lowest BCUT2D eigenvalue weighted by Gasteiger charge is -1.91. The zero-order chi connectivity index (χ0) is 8.81. The number of terminal acetylenes is 1. The minimum atomic E-state index is 0.851. The highest BCUT2D eigenvalue weighted by Gasteiger charge is 1.86. The number of nitriles is 1. The monoisotopic (exact) mass is 153 g/mol. The Hall–Kier alpha value is -1.99. The van der Waals surface area contributed by atoms with E-state index in [9.17, 15) is 0 Å². The van der Waals surface area contributed by atoms with Crippen molar-refractivity contribution < 1.29 is 0 Å². The summed E-state index contributed by atoms with van der Waals surface area (Å²) >= 11 is 0. The first kappa shape index (κ1) is 8.11. The molecule has 0 aliphatic carbocycles. The van der Waals surface area contributed by atoms with Gasteiger partial charge < -0.3 is 0 Å². The highest BCUT2D eigenvalue weighted by molar-refractivity contribution is 5.53. The third-order valence-corrected chi connectivity index (χ3v) is 1.43. The zero-order valence-electron chi connectivity index (χ0n) is 6.49. The van der Waals surface area contributed by atoms with Crippen molar-refractivity contribution in [2.45, 2.75) is 0 Å². The largest absolute Gasteiger partial charge is 0.193 e. The van der Waals surface area contributed by atoms with Crippen LogP contribution in [0.2, 0.25) is 0 Å². The number of nitrogens with zero attached hydrogens (tertiary/aromatic N) is 1. The van der Waals surface area contributed by atoms with E-state index in [1.165, 1.54) is 6.08 Å². The van der Waals surface area contributed by atoms with Gasteiger partial charge in [-0.3, -0.25) is 0 Å². The van der Waals surface area contributed by atoms with Gasteiger partial charge in [-0.05, 0) is 23.8 Å². The number of benzene rings is 1. The van der Waals surface area contributed by atoms with Crippen molar-refractivity contribution in [2.24, 2.45) is 0 Å². The van der Waals surface area contributed by atoms with Crippen LogP contribution in [0.25, 0.3) is 6.08 Å². The van der Waals surface area contributed by atoms with Crippen molar-refractivity contribution in [2.75, 3.05) is 0 Å². The number of rotatable bonds is 1. The van der Waals surface area contributed by atoms with E-state index in [4.69, 9.17) is 11.7 Å². The van der Waals surface area contributed by atoms with Crippen molar-refractivity contribution in [1.82, 2.24) is 0 Å². The van der Waals surface area contributed by atoms with Crippen LogP contribution < -0.4 is 0 Å². The molecular weight excluding hydrogens is 146 g/mol. The van der Waals surface area contributed by atoms with E-state index in [2.05, 4.69) is 5.92 Å². The van der Waals surface area contributed by atoms with Crippen molar-refractivity contribution in [3.05, 3.63) is 41.5 Å². The summed E-state index contributed by atoms with van der Waals surface area (Å²) in [6.45, 7) is 0. The fourth-order valence-corrected chi connectivity index (χ4v) is 0.824. The lowest BCUT2D eigenvalue weighted by atomic mass is 10.1. The first-order chi connectivity index (χ1) is 5.86. The van der Waals surface area contributed by atoms with Gasteiger partial charge in [0.15, 0.2) is 0 Å². The first-order valence-corrected chi connectivity index (χ1v) is 3.49. The quantitative estimate of drug-likeness (QED) is 0.448. The molecule has 0 saturated heterocycles. The predicted molar refractivity (Wildman–Crippen MR) is 49.0 cm³/mol. The Morgan fingerprint density at radius 2 is 1.92 bits per heavy atom. The summed E-state index contributed by atoms with van der Waals surface area (Å²) < 4.78 is 0. The molecule has 56 valence electrons. The number of hydrogen-bond acceptors (Lipinski definition) is 1. The lowest BCUT2D eigenvalue weighted by molar-refractivity contribution is 1.53. The molecule has 0 amide bonds. The SMILES string of the molecule is C#Cc1ccc(/C=C/C#N)cc1. The standard InChI is InChI=1S/C11H7N/c1-2-10-5-7-11(8-6-10)4-3-9-12/h1,3-8H/b4-3+. The highest BCUT2D eigenvalue weighted by Crippen LogP contribution is 2.04. The van der Waals surface area contributed by atoms with Crippen LogP contribution in [-0.4, -0.2) is 0 Å². The Kier molecular flexibility index (Phi) is 2.71. The van der Waals surface area contributed by atoms with Crippen molar-refractivity contribution >= 4 is 6.08 Å². The molecule has 12 heavy (non-hydrogen) atoms. The molecule has 1 rings (SSSR count). The van der Waals surface area contributed by atoms with Crippen LogP contribution in [0.15, 0.2) is 30.3 Å². The third kappa shape index (κ3) is 2.01. The lowest BCUT2D eigenvalue weighted by Crippen LogP contribution is -1.74. The van der Waals surface area contributed by atoms with Gasteiger partial charge in [-0.15, -0.1) is 6.42 Å². The molecule has 0 aliphatic heterocycles. The van der Waals surface area contributed by atoms with Gasteiger partial charge in [0.1, 0.15) is 0 Å². The molecule has 1 aromatic rings. The average molecular weight is 153 g/mol. The second kappa shape index (κ2) is 4.01. The molecule has 0 aliphatic rings. The summed E-state index contributed by atoms with van der Waals surface area (Å²) in [5.41, 5.74) is 1.83. The molecular formula is C11H7N. The minimum Gasteiger partial charge on any atom is -0.193 e. The molecule has 0 heterocycles. The second-order valence-corrected chi connectivity index (χ2v) is 2.23. The van der Waals surface area contributed by atoms with E-state index in [-0.39, 0.29) is 0 Å². The summed E-state index contributed by atoms with van der Waals surface area (Å²) in [4.78, 5) is 0. The zero-order valence-corrected chi connectivity index (χ0v) is 6.49. The second-order valence-electron chi connectivity index (χ2n) is 2.23. The van der Waals surface area contributed by atoms with Crippen molar-refractivity contribution in [1.29, 1.82) is 5.26 Å². The molecule has 1 aromatic carbocycles. The number of hydrogen-bond donors (Lipinski definition) is 0. The van der Waals surface area contributed by atoms with Crippen LogP contribution in [0.1, 0.15) is 11.1 Å². The molecule has 0 atom stereocenters. The maximum Gasteiger partial charge on any atom is 0.0912 e. The molecule has 0 aromatic heterocycles. The molecule has 1 nitrogen and oxygen atoms in total. The van der Waals surface area contributed by atoms with Crippen LogP contribution in [0.5, 0.6) is 0 Å². The topological polar surface area (TPSA) is 23.8 Å². The van der Waals surface area contributed by atoms with Crippen LogP contribution >= 0.6 is 0 Å². The average Bonchev–Trinajstić information content (AvgIpc) is 2.15. The van der Waals surface area contributed by atoms with E-state index >= 15 is 0 Å². The van der Waals surface area contributed by atoms with Gasteiger partial charge in [0.05, 0.1) is 6.07 Å². The molecule has 0 N–H and O–H groups in total. The molecule has 0 fully saturated rings. The van der Waals surface area contributed by atoms with Gasteiger partial charge in [-0.2, -0.15) is 5.26 Å². The maximum atomic E-state index is 8.26. The van der Waals surface area contributed by atoms with Crippen LogP contribution in [0, 0.1) is 23.7 Å². The molecule has 0 radical (unpaired) electrons. The maximum absolute atomic E-state index is 8.26. The fraction of sp³-hybridized carbons (Fsp3) is 0. The molecule has 0 unspecified atom stereocenters. The summed E-state index contributed by atoms with van der Waals surface area (Å²) in [6.07, 6.45) is 8.35. The summed E-state index contributed by atoms with van der Waals surface area (Å²) in [5, 5.41) is 8.26. The molecule has 0 spiro atoms. The Morgan fingerprint density at radius 3 is 2.42 bits per heavy atom. The first-order valence-electron chi connectivity index (χ1n) is 3.49. The Labute approximate surface area is 72.0 Å². The highest BCUT2D eigenvalue weighted by atomic mass is 14.2. The Bertz CT molecular complexity index is 357. The molecule has 0 bridgehead atoms. The van der Waals surface area contributed by atoms with Crippen molar-refractivity contribution in [3.8, 4) is 18.4 Å². The van der Waals surface area contributed by atoms with E-state index in [0.717, 1.165) is 11.1 Å². The Balaban J connectivity index is 2.88. The van der Waals surface area contributed by atoms with E-state index < -0.39 is 0 Å². The van der Waals surface area contributed by atoms with Gasteiger partial charge in [-0.1, -0.05) is 18.1 Å². The van der Waals surface area contributed by atoms with E-state index in [1.54, 1.807) is 6.08 Å². The van der Waals surface area contributed by atoms with Gasteiger partial charge in [0, 0.05) is 11.6 Å². The minimum absolute atomic E-state index is 0.851. The van der Waals surface area contributed by atoms with Crippen LogP contribution in [0.4, 0.5) is 0 Å². The predicted octanol–water partition coefficient (Wildman–Crippen LogP) is 2.20. The van der Waals surface area contributed by atoms with Gasteiger partial charge in [0.25, 0.3) is 0 Å². The fourth-order valence-electron chi connectivity index (χ4n) is 0.824. The number of allylic oxidation sites excluding steroid dienone is 1. The summed E-state index contributed by atoms with van der Waals surface area (Å²) in [6, 6.07) is 9.37. The van der Waals surface area contributed by atoms with E-state index in [0.29, 0.717) is 0 Å².